The predicted octanol–water partition coefficient (Wildman–Crippen LogP) is 6.84. The summed E-state index contributed by atoms with van der Waals surface area (Å²) in [5, 5.41) is 3.65. The molecule has 0 aromatic heterocycles. The summed E-state index contributed by atoms with van der Waals surface area (Å²) in [7, 11) is -4.17. The molecule has 0 spiro atoms. The molecule has 0 fully saturated rings. The minimum Gasteiger partial charge on any atom is -0.352 e. The van der Waals surface area contributed by atoms with Crippen LogP contribution in [-0.2, 0) is 26.2 Å². The molecule has 0 radical (unpaired) electrons. The Kier molecular flexibility index (Phi) is 11.5. The van der Waals surface area contributed by atoms with Gasteiger partial charge in [-0.2, -0.15) is 0 Å². The first kappa shape index (κ1) is 33.4. The maximum Gasteiger partial charge on any atom is 0.264 e. The number of carbonyl (C=O) groups is 2. The molecule has 226 valence electrons. The summed E-state index contributed by atoms with van der Waals surface area (Å²) in [5.74, 6) is -0.892. The second-order valence-electron chi connectivity index (χ2n) is 10.6. The Morgan fingerprint density at radius 2 is 1.48 bits per heavy atom. The number of aryl methyl sites for hydroxylation is 3. The average molecular weight is 633 g/mol. The van der Waals surface area contributed by atoms with Crippen LogP contribution in [0.2, 0.25) is 10.0 Å². The van der Waals surface area contributed by atoms with Crippen LogP contribution in [0.4, 0.5) is 5.69 Å². The Hall–Kier alpha value is -3.07. The van der Waals surface area contributed by atoms with E-state index in [1.165, 1.54) is 17.0 Å². The van der Waals surface area contributed by atoms with Crippen molar-refractivity contribution in [2.45, 2.75) is 77.9 Å². The fourth-order valence-electron chi connectivity index (χ4n) is 4.55. The van der Waals surface area contributed by atoms with Gasteiger partial charge < -0.3 is 10.2 Å². The van der Waals surface area contributed by atoms with E-state index < -0.39 is 28.5 Å². The molecule has 2 atom stereocenters. The third kappa shape index (κ3) is 7.85. The van der Waals surface area contributed by atoms with Crippen molar-refractivity contribution in [3.63, 3.8) is 0 Å². The van der Waals surface area contributed by atoms with E-state index in [0.29, 0.717) is 39.7 Å². The minimum atomic E-state index is -4.17. The van der Waals surface area contributed by atoms with Gasteiger partial charge in [0.05, 0.1) is 10.6 Å². The molecule has 42 heavy (non-hydrogen) atoms. The lowest BCUT2D eigenvalue weighted by atomic mass is 10.1. The van der Waals surface area contributed by atoms with E-state index in [0.717, 1.165) is 15.4 Å². The number of hydrogen-bond acceptors (Lipinski definition) is 4. The van der Waals surface area contributed by atoms with Crippen molar-refractivity contribution in [3.05, 3.63) is 93.0 Å². The number of carbonyl (C=O) groups excluding carboxylic acids is 2. The second-order valence-corrected chi connectivity index (χ2v) is 13.3. The lowest BCUT2D eigenvalue weighted by Crippen LogP contribution is -2.53. The van der Waals surface area contributed by atoms with Crippen LogP contribution in [0.5, 0.6) is 0 Å². The molecule has 3 rings (SSSR count). The first-order valence-corrected chi connectivity index (χ1v) is 16.2. The van der Waals surface area contributed by atoms with Crippen molar-refractivity contribution in [1.82, 2.24) is 10.2 Å². The summed E-state index contributed by atoms with van der Waals surface area (Å²) < 4.78 is 29.4. The van der Waals surface area contributed by atoms with Gasteiger partial charge in [-0.1, -0.05) is 72.9 Å². The number of nitrogens with one attached hydrogen (secondary N) is 1. The second kappa shape index (κ2) is 14.4. The monoisotopic (exact) mass is 631 g/mol. The van der Waals surface area contributed by atoms with Crippen LogP contribution >= 0.6 is 23.2 Å². The largest absolute Gasteiger partial charge is 0.352 e. The van der Waals surface area contributed by atoms with Gasteiger partial charge in [0.15, 0.2) is 0 Å². The third-order valence-corrected chi connectivity index (χ3v) is 9.78. The molecule has 0 aliphatic carbocycles. The van der Waals surface area contributed by atoms with E-state index in [1.54, 1.807) is 50.2 Å². The van der Waals surface area contributed by atoms with Crippen LogP contribution in [-0.4, -0.2) is 43.8 Å². The van der Waals surface area contributed by atoms with Crippen molar-refractivity contribution in [1.29, 1.82) is 0 Å². The van der Waals surface area contributed by atoms with E-state index in [4.69, 9.17) is 23.2 Å². The molecule has 0 saturated heterocycles. The fraction of sp³-hybridized carbons (Fsp3) is 0.375. The highest BCUT2D eigenvalue weighted by Gasteiger charge is 2.35. The number of anilines is 1. The van der Waals surface area contributed by atoms with E-state index in [2.05, 4.69) is 5.32 Å². The van der Waals surface area contributed by atoms with Gasteiger partial charge in [0.2, 0.25) is 11.8 Å². The summed E-state index contributed by atoms with van der Waals surface area (Å²) in [6, 6.07) is 16.0. The van der Waals surface area contributed by atoms with Gasteiger partial charge in [0.25, 0.3) is 10.0 Å². The summed E-state index contributed by atoms with van der Waals surface area (Å²) in [4.78, 5) is 29.2. The highest BCUT2D eigenvalue weighted by Crippen LogP contribution is 2.30. The van der Waals surface area contributed by atoms with Crippen LogP contribution in [0.15, 0.2) is 65.6 Å². The summed E-state index contributed by atoms with van der Waals surface area (Å²) in [6.45, 7) is 10.6. The molecule has 3 aromatic carbocycles. The van der Waals surface area contributed by atoms with Crippen LogP contribution in [0, 0.1) is 20.8 Å². The summed E-state index contributed by atoms with van der Waals surface area (Å²) in [5.41, 5.74) is 3.29. The summed E-state index contributed by atoms with van der Waals surface area (Å²) in [6.07, 6.45) is 1.01. The van der Waals surface area contributed by atoms with Crippen LogP contribution < -0.4 is 9.62 Å². The van der Waals surface area contributed by atoms with Crippen molar-refractivity contribution in [2.75, 3.05) is 10.8 Å². The molecule has 0 unspecified atom stereocenters. The van der Waals surface area contributed by atoms with Gasteiger partial charge in [0.1, 0.15) is 12.6 Å². The van der Waals surface area contributed by atoms with Gasteiger partial charge in [-0.05, 0) is 82.0 Å². The lowest BCUT2D eigenvalue weighted by Gasteiger charge is -2.34. The van der Waals surface area contributed by atoms with E-state index in [-0.39, 0.29) is 23.4 Å². The van der Waals surface area contributed by atoms with Crippen molar-refractivity contribution in [3.8, 4) is 0 Å². The molecule has 10 heteroatoms. The highest BCUT2D eigenvalue weighted by atomic mass is 35.5. The normalized spacial score (nSPS) is 12.9. The lowest BCUT2D eigenvalue weighted by molar-refractivity contribution is -0.140. The molecule has 0 heterocycles. The van der Waals surface area contributed by atoms with E-state index in [1.807, 2.05) is 39.8 Å². The average Bonchev–Trinajstić information content (AvgIpc) is 2.94. The quantitative estimate of drug-likeness (QED) is 0.237. The first-order valence-electron chi connectivity index (χ1n) is 14.0. The van der Waals surface area contributed by atoms with E-state index >= 15 is 0 Å². The van der Waals surface area contributed by atoms with Gasteiger partial charge in [-0.3, -0.25) is 13.9 Å². The molecule has 0 aliphatic rings. The van der Waals surface area contributed by atoms with Gasteiger partial charge in [-0.15, -0.1) is 0 Å². The van der Waals surface area contributed by atoms with E-state index in [9.17, 15) is 18.0 Å². The Balaban J connectivity index is 2.14. The topological polar surface area (TPSA) is 86.8 Å². The first-order chi connectivity index (χ1) is 19.8. The zero-order valence-corrected chi connectivity index (χ0v) is 27.3. The van der Waals surface area contributed by atoms with Crippen molar-refractivity contribution in [2.24, 2.45) is 0 Å². The molecular weight excluding hydrogens is 593 g/mol. The zero-order chi connectivity index (χ0) is 31.2. The molecule has 1 N–H and O–H groups in total. The van der Waals surface area contributed by atoms with Crippen LogP contribution in [0.3, 0.4) is 0 Å². The van der Waals surface area contributed by atoms with Gasteiger partial charge >= 0.3 is 0 Å². The highest BCUT2D eigenvalue weighted by molar-refractivity contribution is 7.92. The predicted molar refractivity (Wildman–Crippen MR) is 171 cm³/mol. The Morgan fingerprint density at radius 1 is 0.881 bits per heavy atom. The number of hydrogen-bond donors (Lipinski definition) is 1. The number of rotatable bonds is 12. The standard InChI is InChI=1S/C32H39Cl2N3O4S/c1-7-24(6)35-32(39)29(8-2)36(19-26-27(33)10-9-11-28(26)34)31(38)20-37(30-18-22(4)12-15-23(30)5)42(40,41)25-16-13-21(3)14-17-25/h9-18,24,29H,7-8,19-20H2,1-6H3,(H,35,39)/t24-,29-/m0/s1. The SMILES string of the molecule is CC[C@H](C)NC(=O)[C@H](CC)N(Cc1c(Cl)cccc1Cl)C(=O)CN(c1cc(C)ccc1C)S(=O)(=O)c1ccc(C)cc1. The number of sulfonamides is 1. The Labute approximate surface area is 259 Å². The molecule has 7 nitrogen and oxygen atoms in total. The molecule has 0 saturated carbocycles. The molecule has 0 bridgehead atoms. The fourth-order valence-corrected chi connectivity index (χ4v) is 6.54. The van der Waals surface area contributed by atoms with Gasteiger partial charge in [-0.25, -0.2) is 8.42 Å². The summed E-state index contributed by atoms with van der Waals surface area (Å²) >= 11 is 13.0. The third-order valence-electron chi connectivity index (χ3n) is 7.30. The number of benzene rings is 3. The minimum absolute atomic E-state index is 0.0593. The Morgan fingerprint density at radius 3 is 2.05 bits per heavy atom. The number of halogens is 2. The number of nitrogens with zero attached hydrogens (tertiary/aromatic N) is 2. The zero-order valence-electron chi connectivity index (χ0n) is 24.9. The maximum absolute atomic E-state index is 14.3. The van der Waals surface area contributed by atoms with Crippen molar-refractivity contribution >= 4 is 50.7 Å². The van der Waals surface area contributed by atoms with Crippen LogP contribution in [0.25, 0.3) is 0 Å². The maximum atomic E-state index is 14.3. The molecular formula is C32H39Cl2N3O4S. The molecule has 3 aromatic rings. The number of amides is 2. The molecule has 0 aliphatic heterocycles. The van der Waals surface area contributed by atoms with Crippen LogP contribution in [0.1, 0.15) is 55.9 Å². The van der Waals surface area contributed by atoms with Gasteiger partial charge in [0, 0.05) is 28.2 Å². The Bertz CT molecular complexity index is 1510. The smallest absolute Gasteiger partial charge is 0.264 e. The molecule has 2 amide bonds. The van der Waals surface area contributed by atoms with Crippen molar-refractivity contribution < 1.29 is 18.0 Å².